The summed E-state index contributed by atoms with van der Waals surface area (Å²) < 4.78 is 10.4. The van der Waals surface area contributed by atoms with Crippen LogP contribution in [0.25, 0.3) is 0 Å². The molecule has 0 amide bonds. The number of ether oxygens (including phenoxy) is 2. The standard InChI is InChI=1S/C20H30O5/c1-10(17(21)25-20(3,4)5)8-14-16(19(23)24-18(14)22)15-11(2)12-6-7-13(15)9-12/h10-16H,6-9H2,1-5H3. The van der Waals surface area contributed by atoms with E-state index in [4.69, 9.17) is 9.47 Å². The van der Waals surface area contributed by atoms with E-state index in [2.05, 4.69) is 6.92 Å². The molecule has 0 N–H and O–H groups in total. The third-order valence-electron chi connectivity index (χ3n) is 6.45. The summed E-state index contributed by atoms with van der Waals surface area (Å²) in [6, 6.07) is 0. The van der Waals surface area contributed by atoms with Crippen LogP contribution in [0, 0.1) is 41.4 Å². The average Bonchev–Trinajstić information content (AvgIpc) is 3.13. The maximum absolute atomic E-state index is 12.4. The monoisotopic (exact) mass is 350 g/mol. The van der Waals surface area contributed by atoms with E-state index in [0.29, 0.717) is 24.2 Å². The molecule has 1 aliphatic heterocycles. The van der Waals surface area contributed by atoms with Gasteiger partial charge < -0.3 is 9.47 Å². The molecule has 1 saturated heterocycles. The molecule has 0 spiro atoms. The molecule has 3 fully saturated rings. The highest BCUT2D eigenvalue weighted by molar-refractivity contribution is 5.97. The lowest BCUT2D eigenvalue weighted by atomic mass is 9.68. The van der Waals surface area contributed by atoms with E-state index >= 15 is 0 Å². The van der Waals surface area contributed by atoms with Gasteiger partial charge in [0.25, 0.3) is 0 Å². The summed E-state index contributed by atoms with van der Waals surface area (Å²) in [5.74, 6) is -0.639. The van der Waals surface area contributed by atoms with Crippen molar-refractivity contribution in [2.75, 3.05) is 0 Å². The van der Waals surface area contributed by atoms with E-state index in [-0.39, 0.29) is 23.8 Å². The van der Waals surface area contributed by atoms with Gasteiger partial charge in [0.15, 0.2) is 0 Å². The SMILES string of the molecule is CC(CC1C(=O)OC(=O)C1C1C2CCC(C2)C1C)C(=O)OC(C)(C)C. The van der Waals surface area contributed by atoms with Crippen LogP contribution in [-0.2, 0) is 23.9 Å². The smallest absolute Gasteiger partial charge is 0.317 e. The average molecular weight is 350 g/mol. The maximum atomic E-state index is 12.4. The van der Waals surface area contributed by atoms with Crippen LogP contribution in [0.4, 0.5) is 0 Å². The molecule has 25 heavy (non-hydrogen) atoms. The van der Waals surface area contributed by atoms with Gasteiger partial charge in [0, 0.05) is 0 Å². The number of carbonyl (C=O) groups excluding carboxylic acids is 3. The predicted octanol–water partition coefficient (Wildman–Crippen LogP) is 3.35. The van der Waals surface area contributed by atoms with Crippen LogP contribution in [0.2, 0.25) is 0 Å². The van der Waals surface area contributed by atoms with Gasteiger partial charge in [-0.05, 0) is 70.1 Å². The fraction of sp³-hybridized carbons (Fsp3) is 0.850. The number of rotatable bonds is 4. The second kappa shape index (κ2) is 6.40. The first-order valence-corrected chi connectivity index (χ1v) is 9.57. The Morgan fingerprint density at radius 1 is 1.20 bits per heavy atom. The Kier molecular flexibility index (Phi) is 4.71. The summed E-state index contributed by atoms with van der Waals surface area (Å²) in [6.45, 7) is 9.45. The first-order valence-electron chi connectivity index (χ1n) is 9.57. The molecule has 1 heterocycles. The number of fused-ring (bicyclic) bond motifs is 2. The van der Waals surface area contributed by atoms with E-state index in [1.165, 1.54) is 6.42 Å². The summed E-state index contributed by atoms with van der Waals surface area (Å²) in [5.41, 5.74) is -0.560. The van der Waals surface area contributed by atoms with Crippen LogP contribution in [0.15, 0.2) is 0 Å². The van der Waals surface area contributed by atoms with E-state index in [1.54, 1.807) is 6.92 Å². The van der Waals surface area contributed by atoms with Gasteiger partial charge >= 0.3 is 17.9 Å². The quantitative estimate of drug-likeness (QED) is 0.574. The zero-order valence-corrected chi connectivity index (χ0v) is 15.9. The highest BCUT2D eigenvalue weighted by Gasteiger charge is 2.57. The molecule has 140 valence electrons. The van der Waals surface area contributed by atoms with Crippen LogP contribution >= 0.6 is 0 Å². The lowest BCUT2D eigenvalue weighted by molar-refractivity contribution is -0.160. The van der Waals surface area contributed by atoms with Gasteiger partial charge in [-0.1, -0.05) is 13.8 Å². The van der Waals surface area contributed by atoms with Crippen molar-refractivity contribution in [2.45, 2.75) is 65.9 Å². The number of hydrogen-bond acceptors (Lipinski definition) is 5. The molecule has 0 aromatic heterocycles. The molecule has 5 nitrogen and oxygen atoms in total. The second-order valence-corrected chi connectivity index (χ2v) is 9.31. The van der Waals surface area contributed by atoms with Gasteiger partial charge in [-0.25, -0.2) is 0 Å². The van der Waals surface area contributed by atoms with Crippen LogP contribution in [0.3, 0.4) is 0 Å². The van der Waals surface area contributed by atoms with Crippen molar-refractivity contribution in [1.29, 1.82) is 0 Å². The van der Waals surface area contributed by atoms with E-state index in [0.717, 1.165) is 12.8 Å². The second-order valence-electron chi connectivity index (χ2n) is 9.31. The lowest BCUT2D eigenvalue weighted by Crippen LogP contribution is -2.36. The fourth-order valence-electron chi connectivity index (χ4n) is 5.35. The molecule has 2 aliphatic carbocycles. The highest BCUT2D eigenvalue weighted by atomic mass is 16.6. The zero-order chi connectivity index (χ0) is 18.5. The Hall–Kier alpha value is -1.39. The largest absolute Gasteiger partial charge is 0.460 e. The Morgan fingerprint density at radius 2 is 1.84 bits per heavy atom. The number of hydrogen-bond donors (Lipinski definition) is 0. The van der Waals surface area contributed by atoms with Crippen molar-refractivity contribution in [1.82, 2.24) is 0 Å². The molecule has 3 aliphatic rings. The predicted molar refractivity (Wildman–Crippen MR) is 91.2 cm³/mol. The van der Waals surface area contributed by atoms with Crippen LogP contribution in [0.1, 0.15) is 60.3 Å². The Bertz CT molecular complexity index is 573. The summed E-state index contributed by atoms with van der Waals surface area (Å²) in [6.07, 6.45) is 3.87. The normalized spacial score (nSPS) is 38.8. The minimum Gasteiger partial charge on any atom is -0.460 e. The van der Waals surface area contributed by atoms with Crippen molar-refractivity contribution in [2.24, 2.45) is 41.4 Å². The molecule has 2 saturated carbocycles. The summed E-state index contributed by atoms with van der Waals surface area (Å²) in [5, 5.41) is 0. The third kappa shape index (κ3) is 3.47. The molecule has 0 aromatic rings. The van der Waals surface area contributed by atoms with Crippen molar-refractivity contribution in [3.05, 3.63) is 0 Å². The molecule has 7 atom stereocenters. The van der Waals surface area contributed by atoms with Crippen molar-refractivity contribution < 1.29 is 23.9 Å². The topological polar surface area (TPSA) is 69.7 Å². The van der Waals surface area contributed by atoms with Gasteiger partial charge in [-0.15, -0.1) is 0 Å². The van der Waals surface area contributed by atoms with Crippen molar-refractivity contribution >= 4 is 17.9 Å². The molecular weight excluding hydrogens is 320 g/mol. The molecular formula is C20H30O5. The van der Waals surface area contributed by atoms with Crippen LogP contribution in [-0.4, -0.2) is 23.5 Å². The van der Waals surface area contributed by atoms with E-state index in [9.17, 15) is 14.4 Å². The minimum atomic E-state index is -0.560. The number of carbonyl (C=O) groups is 3. The van der Waals surface area contributed by atoms with Crippen LogP contribution in [0.5, 0.6) is 0 Å². The summed E-state index contributed by atoms with van der Waals surface area (Å²) in [4.78, 5) is 37.0. The van der Waals surface area contributed by atoms with Gasteiger partial charge in [0.1, 0.15) is 5.60 Å². The number of cyclic esters (lactones) is 2. The van der Waals surface area contributed by atoms with Crippen molar-refractivity contribution in [3.63, 3.8) is 0 Å². The summed E-state index contributed by atoms with van der Waals surface area (Å²) >= 11 is 0. The fourth-order valence-corrected chi connectivity index (χ4v) is 5.35. The highest BCUT2D eigenvalue weighted by Crippen LogP contribution is 2.57. The first-order chi connectivity index (χ1) is 11.6. The molecule has 7 unspecified atom stereocenters. The van der Waals surface area contributed by atoms with Gasteiger partial charge in [0.05, 0.1) is 17.8 Å². The van der Waals surface area contributed by atoms with Gasteiger partial charge in [0.2, 0.25) is 0 Å². The first kappa shape index (κ1) is 18.4. The van der Waals surface area contributed by atoms with Crippen molar-refractivity contribution in [3.8, 4) is 0 Å². The zero-order valence-electron chi connectivity index (χ0n) is 15.9. The van der Waals surface area contributed by atoms with E-state index in [1.807, 2.05) is 20.8 Å². The Balaban J connectivity index is 1.73. The van der Waals surface area contributed by atoms with E-state index < -0.39 is 23.4 Å². The van der Waals surface area contributed by atoms with Gasteiger partial charge in [-0.3, -0.25) is 14.4 Å². The molecule has 0 aromatic carbocycles. The molecule has 2 bridgehead atoms. The molecule has 5 heteroatoms. The maximum Gasteiger partial charge on any atom is 0.317 e. The number of esters is 3. The summed E-state index contributed by atoms with van der Waals surface area (Å²) in [7, 11) is 0. The Morgan fingerprint density at radius 3 is 2.40 bits per heavy atom. The van der Waals surface area contributed by atoms with Crippen LogP contribution < -0.4 is 0 Å². The lowest BCUT2D eigenvalue weighted by Gasteiger charge is -2.33. The molecule has 0 radical (unpaired) electrons. The van der Waals surface area contributed by atoms with Gasteiger partial charge in [-0.2, -0.15) is 0 Å². The third-order valence-corrected chi connectivity index (χ3v) is 6.45. The Labute approximate surface area is 149 Å². The molecule has 3 rings (SSSR count). The minimum absolute atomic E-state index is 0.216.